The summed E-state index contributed by atoms with van der Waals surface area (Å²) < 4.78 is 0. The Kier molecular flexibility index (Phi) is 7.14. The van der Waals surface area contributed by atoms with Crippen LogP contribution in [-0.2, 0) is 0 Å². The molecule has 19 heavy (non-hydrogen) atoms. The Hall–Kier alpha value is 0. The Bertz CT molecular complexity index is 243. The number of hydrogen-bond donors (Lipinski definition) is 0. The van der Waals surface area contributed by atoms with Gasteiger partial charge in [-0.25, -0.2) is 0 Å². The van der Waals surface area contributed by atoms with E-state index in [-0.39, 0.29) is 0 Å². The summed E-state index contributed by atoms with van der Waals surface area (Å²) in [5.41, 5.74) is 0.748. The lowest BCUT2D eigenvalue weighted by atomic mass is 9.57. The molecule has 4 unspecified atom stereocenters. The predicted octanol–water partition coefficient (Wildman–Crippen LogP) is 6.79. The van der Waals surface area contributed by atoms with Crippen LogP contribution in [-0.4, -0.2) is 0 Å². The highest BCUT2D eigenvalue weighted by molar-refractivity contribution is 4.90. The summed E-state index contributed by atoms with van der Waals surface area (Å²) in [6.45, 7) is 24.2. The minimum Gasteiger partial charge on any atom is -0.0654 e. The first-order valence-electron chi connectivity index (χ1n) is 8.50. The first kappa shape index (κ1) is 19.0. The van der Waals surface area contributed by atoms with Crippen LogP contribution in [0.3, 0.4) is 0 Å². The van der Waals surface area contributed by atoms with Crippen molar-refractivity contribution in [1.82, 2.24) is 0 Å². The van der Waals surface area contributed by atoms with Crippen LogP contribution in [0, 0.1) is 34.5 Å². The van der Waals surface area contributed by atoms with Gasteiger partial charge in [0.25, 0.3) is 0 Å². The third-order valence-electron chi connectivity index (χ3n) is 6.62. The topological polar surface area (TPSA) is 0 Å². The molecule has 0 heteroatoms. The summed E-state index contributed by atoms with van der Waals surface area (Å²) in [5, 5.41) is 0. The smallest absolute Gasteiger partial charge is 0.0277 e. The molecule has 0 radical (unpaired) electrons. The standard InChI is InChI=1S/C19H40/c1-11-13-17(12-2)15(4)14(3)16(5)19(9,10)18(6,7)8/h14-17H,11-13H2,1-10H3. The molecule has 0 heterocycles. The second kappa shape index (κ2) is 7.14. The van der Waals surface area contributed by atoms with Crippen molar-refractivity contribution in [1.29, 1.82) is 0 Å². The number of rotatable bonds is 7. The molecule has 0 aliphatic rings. The molecule has 0 aliphatic carbocycles. The molecule has 0 aliphatic heterocycles. The molecule has 0 N–H and O–H groups in total. The monoisotopic (exact) mass is 268 g/mol. The van der Waals surface area contributed by atoms with Crippen LogP contribution in [0.4, 0.5) is 0 Å². The average molecular weight is 269 g/mol. The van der Waals surface area contributed by atoms with E-state index in [0.717, 1.165) is 23.7 Å². The molecule has 0 saturated heterocycles. The van der Waals surface area contributed by atoms with Gasteiger partial charge in [0, 0.05) is 0 Å². The van der Waals surface area contributed by atoms with Crippen molar-refractivity contribution >= 4 is 0 Å². The van der Waals surface area contributed by atoms with Gasteiger partial charge in [-0.15, -0.1) is 0 Å². The zero-order chi connectivity index (χ0) is 15.4. The van der Waals surface area contributed by atoms with Crippen molar-refractivity contribution in [2.45, 2.75) is 88.5 Å². The molecule has 0 aromatic rings. The maximum absolute atomic E-state index is 2.49. The minimum atomic E-state index is 0.368. The molecule has 0 nitrogen and oxygen atoms in total. The van der Waals surface area contributed by atoms with Gasteiger partial charge >= 0.3 is 0 Å². The van der Waals surface area contributed by atoms with Crippen LogP contribution >= 0.6 is 0 Å². The minimum absolute atomic E-state index is 0.368. The summed E-state index contributed by atoms with van der Waals surface area (Å²) in [6, 6.07) is 0. The van der Waals surface area contributed by atoms with E-state index in [0.29, 0.717) is 10.8 Å². The van der Waals surface area contributed by atoms with Gasteiger partial charge in [0.1, 0.15) is 0 Å². The Balaban J connectivity index is 4.94. The van der Waals surface area contributed by atoms with Crippen molar-refractivity contribution in [3.63, 3.8) is 0 Å². The van der Waals surface area contributed by atoms with Crippen molar-refractivity contribution in [3.05, 3.63) is 0 Å². The highest BCUT2D eigenvalue weighted by Crippen LogP contribution is 2.49. The van der Waals surface area contributed by atoms with E-state index < -0.39 is 0 Å². The third kappa shape index (κ3) is 4.50. The van der Waals surface area contributed by atoms with Crippen molar-refractivity contribution in [3.8, 4) is 0 Å². The Morgan fingerprint density at radius 1 is 0.789 bits per heavy atom. The molecule has 0 saturated carbocycles. The van der Waals surface area contributed by atoms with E-state index >= 15 is 0 Å². The molecule has 0 aromatic carbocycles. The maximum Gasteiger partial charge on any atom is -0.0277 e. The quantitative estimate of drug-likeness (QED) is 0.476. The van der Waals surface area contributed by atoms with Gasteiger partial charge in [0.05, 0.1) is 0 Å². The first-order valence-corrected chi connectivity index (χ1v) is 8.50. The molecule has 0 aromatic heterocycles. The van der Waals surface area contributed by atoms with Crippen molar-refractivity contribution in [2.75, 3.05) is 0 Å². The van der Waals surface area contributed by atoms with Crippen molar-refractivity contribution < 1.29 is 0 Å². The van der Waals surface area contributed by atoms with Crippen LogP contribution in [0.25, 0.3) is 0 Å². The van der Waals surface area contributed by atoms with Crippen LogP contribution < -0.4 is 0 Å². The highest BCUT2D eigenvalue weighted by atomic mass is 14.5. The second-order valence-corrected chi connectivity index (χ2v) is 8.44. The molecule has 0 rings (SSSR count). The van der Waals surface area contributed by atoms with Crippen molar-refractivity contribution in [2.24, 2.45) is 34.5 Å². The van der Waals surface area contributed by atoms with Gasteiger partial charge in [-0.05, 0) is 34.5 Å². The summed E-state index contributed by atoms with van der Waals surface area (Å²) in [6.07, 6.45) is 4.05. The normalized spacial score (nSPS) is 19.9. The zero-order valence-electron chi connectivity index (χ0n) is 15.4. The second-order valence-electron chi connectivity index (χ2n) is 8.44. The summed E-state index contributed by atoms with van der Waals surface area (Å²) in [7, 11) is 0. The average Bonchev–Trinajstić information content (AvgIpc) is 2.31. The van der Waals surface area contributed by atoms with E-state index in [1.807, 2.05) is 0 Å². The molecule has 0 fully saturated rings. The molecule has 0 amide bonds. The molecule has 0 bridgehead atoms. The Morgan fingerprint density at radius 2 is 1.26 bits per heavy atom. The van der Waals surface area contributed by atoms with Gasteiger partial charge in [0.2, 0.25) is 0 Å². The molecule has 0 spiro atoms. The van der Waals surface area contributed by atoms with E-state index in [2.05, 4.69) is 69.2 Å². The SMILES string of the molecule is CCCC(CC)C(C)C(C)C(C)C(C)(C)C(C)(C)C. The largest absolute Gasteiger partial charge is 0.0654 e. The van der Waals surface area contributed by atoms with Gasteiger partial charge in [0.15, 0.2) is 0 Å². The Morgan fingerprint density at radius 3 is 1.58 bits per heavy atom. The lowest BCUT2D eigenvalue weighted by Gasteiger charge is -2.48. The van der Waals surface area contributed by atoms with Crippen LogP contribution in [0.2, 0.25) is 0 Å². The molecule has 116 valence electrons. The van der Waals surface area contributed by atoms with E-state index in [9.17, 15) is 0 Å². The van der Waals surface area contributed by atoms with Gasteiger partial charge in [-0.1, -0.05) is 88.5 Å². The van der Waals surface area contributed by atoms with Gasteiger partial charge in [-0.2, -0.15) is 0 Å². The number of hydrogen-bond acceptors (Lipinski definition) is 0. The highest BCUT2D eigenvalue weighted by Gasteiger charge is 2.41. The van der Waals surface area contributed by atoms with Gasteiger partial charge in [-0.3, -0.25) is 0 Å². The predicted molar refractivity (Wildman–Crippen MR) is 89.4 cm³/mol. The van der Waals surface area contributed by atoms with Gasteiger partial charge < -0.3 is 0 Å². The summed E-state index contributed by atoms with van der Waals surface area (Å²) >= 11 is 0. The fourth-order valence-electron chi connectivity index (χ4n) is 3.43. The maximum atomic E-state index is 2.49. The molecule has 4 atom stereocenters. The molecular weight excluding hydrogens is 228 g/mol. The molecular formula is C19H40. The van der Waals surface area contributed by atoms with Crippen LogP contribution in [0.1, 0.15) is 88.5 Å². The van der Waals surface area contributed by atoms with Crippen LogP contribution in [0.5, 0.6) is 0 Å². The van der Waals surface area contributed by atoms with Crippen LogP contribution in [0.15, 0.2) is 0 Å². The Labute approximate surface area is 123 Å². The fraction of sp³-hybridized carbons (Fsp3) is 1.00. The van der Waals surface area contributed by atoms with E-state index in [1.165, 1.54) is 19.3 Å². The lowest BCUT2D eigenvalue weighted by molar-refractivity contribution is 0.00921. The van der Waals surface area contributed by atoms with E-state index in [4.69, 9.17) is 0 Å². The lowest BCUT2D eigenvalue weighted by Crippen LogP contribution is -2.41. The third-order valence-corrected chi connectivity index (χ3v) is 6.62. The zero-order valence-corrected chi connectivity index (χ0v) is 15.4. The fourth-order valence-corrected chi connectivity index (χ4v) is 3.43. The first-order chi connectivity index (χ1) is 8.50. The van der Waals surface area contributed by atoms with E-state index in [1.54, 1.807) is 0 Å². The summed E-state index contributed by atoms with van der Waals surface area (Å²) in [5.74, 6) is 3.29. The summed E-state index contributed by atoms with van der Waals surface area (Å²) in [4.78, 5) is 0.